The summed E-state index contributed by atoms with van der Waals surface area (Å²) in [5.74, 6) is -1.93. The van der Waals surface area contributed by atoms with Gasteiger partial charge in [0.2, 0.25) is 15.9 Å². The monoisotopic (exact) mass is 418 g/mol. The molecule has 1 heterocycles. The fourth-order valence-electron chi connectivity index (χ4n) is 2.94. The van der Waals surface area contributed by atoms with Crippen molar-refractivity contribution < 1.29 is 26.8 Å². The van der Waals surface area contributed by atoms with Gasteiger partial charge in [-0.05, 0) is 31.0 Å². The first-order valence-electron chi connectivity index (χ1n) is 8.98. The Morgan fingerprint density at radius 1 is 1.07 bits per heavy atom. The molecule has 1 aromatic rings. The van der Waals surface area contributed by atoms with Crippen LogP contribution in [-0.4, -0.2) is 62.3 Å². The Labute approximate surface area is 162 Å². The molecular formula is C17H24F2N4O4S. The third-order valence-corrected chi connectivity index (χ3v) is 6.38. The van der Waals surface area contributed by atoms with Gasteiger partial charge in [0, 0.05) is 39.1 Å². The zero-order valence-corrected chi connectivity index (χ0v) is 16.2. The summed E-state index contributed by atoms with van der Waals surface area (Å²) in [6, 6.07) is 1.72. The Morgan fingerprint density at radius 2 is 1.75 bits per heavy atom. The Hall–Kier alpha value is -2.27. The standard InChI is InChI=1S/C17H24F2N4O4S/c18-13-5-6-14(19)15(12-13)28(26,27)23-10-8-22(9-11-23)16(24)4-2-1-3-7-21-17(20)25/h5-6,12H,1-4,7-11H2,(H3,20,21,25). The molecule has 0 bridgehead atoms. The first kappa shape index (κ1) is 22.0. The predicted molar refractivity (Wildman–Crippen MR) is 97.8 cm³/mol. The number of piperazine rings is 1. The molecule has 0 radical (unpaired) electrons. The van der Waals surface area contributed by atoms with Crippen LogP contribution in [-0.2, 0) is 14.8 Å². The lowest BCUT2D eigenvalue weighted by molar-refractivity contribution is -0.132. The third-order valence-electron chi connectivity index (χ3n) is 4.47. The molecule has 0 spiro atoms. The van der Waals surface area contributed by atoms with Crippen LogP contribution in [0.25, 0.3) is 0 Å². The van der Waals surface area contributed by atoms with E-state index in [-0.39, 0.29) is 32.1 Å². The van der Waals surface area contributed by atoms with E-state index in [1.165, 1.54) is 0 Å². The Balaban J connectivity index is 1.81. The third kappa shape index (κ3) is 5.86. The molecule has 0 aliphatic carbocycles. The van der Waals surface area contributed by atoms with Crippen LogP contribution in [0.4, 0.5) is 13.6 Å². The van der Waals surface area contributed by atoms with Crippen LogP contribution in [0.3, 0.4) is 0 Å². The number of nitrogens with zero attached hydrogens (tertiary/aromatic N) is 2. The number of hydrogen-bond donors (Lipinski definition) is 2. The number of amides is 3. The lowest BCUT2D eigenvalue weighted by atomic mass is 10.1. The maximum Gasteiger partial charge on any atom is 0.312 e. The number of carbonyl (C=O) groups is 2. The van der Waals surface area contributed by atoms with Crippen molar-refractivity contribution in [1.29, 1.82) is 0 Å². The number of unbranched alkanes of at least 4 members (excludes halogenated alkanes) is 2. The molecule has 1 aromatic carbocycles. The average molecular weight is 418 g/mol. The largest absolute Gasteiger partial charge is 0.352 e. The molecule has 1 aliphatic rings. The topological polar surface area (TPSA) is 113 Å². The van der Waals surface area contributed by atoms with E-state index < -0.39 is 32.6 Å². The summed E-state index contributed by atoms with van der Waals surface area (Å²) in [6.45, 7) is 0.881. The predicted octanol–water partition coefficient (Wildman–Crippen LogP) is 1.03. The number of sulfonamides is 1. The Bertz CT molecular complexity index is 811. The normalized spacial score (nSPS) is 15.4. The molecular weight excluding hydrogens is 394 g/mol. The second-order valence-corrected chi connectivity index (χ2v) is 8.37. The summed E-state index contributed by atoms with van der Waals surface area (Å²) in [7, 11) is -4.16. The van der Waals surface area contributed by atoms with Crippen molar-refractivity contribution in [2.24, 2.45) is 5.73 Å². The van der Waals surface area contributed by atoms with Gasteiger partial charge in [0.15, 0.2) is 0 Å². The number of primary amides is 1. The second kappa shape index (κ2) is 9.78. The number of carbonyl (C=O) groups excluding carboxylic acids is 2. The summed E-state index contributed by atoms with van der Waals surface area (Å²) in [5, 5.41) is 2.47. The van der Waals surface area contributed by atoms with Gasteiger partial charge in [-0.2, -0.15) is 4.31 Å². The minimum absolute atomic E-state index is 0.0204. The van der Waals surface area contributed by atoms with Crippen molar-refractivity contribution in [2.75, 3.05) is 32.7 Å². The molecule has 2 rings (SSSR count). The summed E-state index contributed by atoms with van der Waals surface area (Å²) in [4.78, 5) is 23.6. The smallest absolute Gasteiger partial charge is 0.312 e. The van der Waals surface area contributed by atoms with Gasteiger partial charge in [-0.15, -0.1) is 0 Å². The fraction of sp³-hybridized carbons (Fsp3) is 0.529. The maximum absolute atomic E-state index is 13.8. The van der Waals surface area contributed by atoms with Crippen LogP contribution in [0.5, 0.6) is 0 Å². The van der Waals surface area contributed by atoms with Gasteiger partial charge in [0.05, 0.1) is 0 Å². The minimum Gasteiger partial charge on any atom is -0.352 e. The summed E-state index contributed by atoms with van der Waals surface area (Å²) >= 11 is 0. The van der Waals surface area contributed by atoms with Gasteiger partial charge >= 0.3 is 6.03 Å². The zero-order chi connectivity index (χ0) is 20.7. The molecule has 1 aliphatic heterocycles. The number of rotatable bonds is 8. The highest BCUT2D eigenvalue weighted by Gasteiger charge is 2.32. The average Bonchev–Trinajstić information content (AvgIpc) is 2.66. The molecule has 1 fully saturated rings. The van der Waals surface area contributed by atoms with E-state index in [1.807, 2.05) is 0 Å². The van der Waals surface area contributed by atoms with Crippen LogP contribution >= 0.6 is 0 Å². The van der Waals surface area contributed by atoms with Crippen molar-refractivity contribution in [3.05, 3.63) is 29.8 Å². The number of nitrogens with one attached hydrogen (secondary N) is 1. The highest BCUT2D eigenvalue weighted by Crippen LogP contribution is 2.22. The van der Waals surface area contributed by atoms with Crippen molar-refractivity contribution in [3.63, 3.8) is 0 Å². The minimum atomic E-state index is -4.16. The molecule has 3 N–H and O–H groups in total. The quantitative estimate of drug-likeness (QED) is 0.614. The molecule has 0 unspecified atom stereocenters. The van der Waals surface area contributed by atoms with Crippen molar-refractivity contribution in [1.82, 2.24) is 14.5 Å². The lowest BCUT2D eigenvalue weighted by Crippen LogP contribution is -2.50. The Kier molecular flexibility index (Phi) is 7.69. The SMILES string of the molecule is NC(=O)NCCCCCC(=O)N1CCN(S(=O)(=O)c2cc(F)ccc2F)CC1. The number of urea groups is 1. The summed E-state index contributed by atoms with van der Waals surface area (Å²) in [6.07, 6.45) is 2.43. The van der Waals surface area contributed by atoms with E-state index in [0.717, 1.165) is 22.9 Å². The van der Waals surface area contributed by atoms with Crippen LogP contribution in [0.1, 0.15) is 25.7 Å². The van der Waals surface area contributed by atoms with Crippen molar-refractivity contribution in [3.8, 4) is 0 Å². The highest BCUT2D eigenvalue weighted by molar-refractivity contribution is 7.89. The van der Waals surface area contributed by atoms with Crippen LogP contribution in [0, 0.1) is 11.6 Å². The zero-order valence-electron chi connectivity index (χ0n) is 15.4. The molecule has 0 aromatic heterocycles. The number of hydrogen-bond acceptors (Lipinski definition) is 4. The van der Waals surface area contributed by atoms with E-state index >= 15 is 0 Å². The Morgan fingerprint density at radius 3 is 2.39 bits per heavy atom. The first-order chi connectivity index (χ1) is 13.2. The van der Waals surface area contributed by atoms with E-state index in [2.05, 4.69) is 5.32 Å². The maximum atomic E-state index is 13.8. The van der Waals surface area contributed by atoms with Crippen molar-refractivity contribution in [2.45, 2.75) is 30.6 Å². The van der Waals surface area contributed by atoms with E-state index in [0.29, 0.717) is 31.9 Å². The first-order valence-corrected chi connectivity index (χ1v) is 10.4. The van der Waals surface area contributed by atoms with E-state index in [9.17, 15) is 26.8 Å². The number of halogens is 2. The highest BCUT2D eigenvalue weighted by atomic mass is 32.2. The number of nitrogens with two attached hydrogens (primary N) is 1. The summed E-state index contributed by atoms with van der Waals surface area (Å²) in [5.41, 5.74) is 4.95. The molecule has 3 amide bonds. The lowest BCUT2D eigenvalue weighted by Gasteiger charge is -2.34. The summed E-state index contributed by atoms with van der Waals surface area (Å²) < 4.78 is 53.3. The van der Waals surface area contributed by atoms with Crippen LogP contribution in [0.15, 0.2) is 23.1 Å². The van der Waals surface area contributed by atoms with Gasteiger partial charge in [-0.25, -0.2) is 22.0 Å². The molecule has 0 atom stereocenters. The molecule has 1 saturated heterocycles. The van der Waals surface area contributed by atoms with Crippen LogP contribution in [0.2, 0.25) is 0 Å². The number of benzene rings is 1. The molecule has 28 heavy (non-hydrogen) atoms. The molecule has 11 heteroatoms. The second-order valence-electron chi connectivity index (χ2n) is 6.46. The van der Waals surface area contributed by atoms with Gasteiger partial charge < -0.3 is 16.0 Å². The van der Waals surface area contributed by atoms with Gasteiger partial charge in [0.25, 0.3) is 0 Å². The van der Waals surface area contributed by atoms with Crippen molar-refractivity contribution >= 4 is 22.0 Å². The van der Waals surface area contributed by atoms with E-state index in [4.69, 9.17) is 5.73 Å². The molecule has 8 nitrogen and oxygen atoms in total. The fourth-order valence-corrected chi connectivity index (χ4v) is 4.44. The van der Waals surface area contributed by atoms with Gasteiger partial charge in [-0.1, -0.05) is 6.42 Å². The van der Waals surface area contributed by atoms with Gasteiger partial charge in [0.1, 0.15) is 16.5 Å². The molecule has 156 valence electrons. The molecule has 0 saturated carbocycles. The van der Waals surface area contributed by atoms with Gasteiger partial charge in [-0.3, -0.25) is 4.79 Å². The van der Waals surface area contributed by atoms with Crippen LogP contribution < -0.4 is 11.1 Å². The van der Waals surface area contributed by atoms with E-state index in [1.54, 1.807) is 4.90 Å².